The van der Waals surface area contributed by atoms with Gasteiger partial charge in [0.25, 0.3) is 0 Å². The van der Waals surface area contributed by atoms with Crippen molar-refractivity contribution in [2.45, 2.75) is 85.9 Å². The summed E-state index contributed by atoms with van der Waals surface area (Å²) in [7, 11) is 0. The van der Waals surface area contributed by atoms with Crippen molar-refractivity contribution in [3.8, 4) is 0 Å². The molecule has 1 saturated heterocycles. The lowest BCUT2D eigenvalue weighted by Crippen LogP contribution is -2.32. The molecule has 1 aromatic carbocycles. The van der Waals surface area contributed by atoms with E-state index in [-0.39, 0.29) is 29.0 Å². The molecule has 3 nitrogen and oxygen atoms in total. The van der Waals surface area contributed by atoms with Crippen LogP contribution >= 0.6 is 0 Å². The molecule has 0 bridgehead atoms. The van der Waals surface area contributed by atoms with Crippen LogP contribution in [0.3, 0.4) is 0 Å². The highest BCUT2D eigenvalue weighted by Crippen LogP contribution is 2.38. The van der Waals surface area contributed by atoms with E-state index < -0.39 is 0 Å². The highest BCUT2D eigenvalue weighted by Gasteiger charge is 2.31. The van der Waals surface area contributed by atoms with Crippen LogP contribution in [0.2, 0.25) is 0 Å². The number of carbonyl (C=O) groups is 1. The van der Waals surface area contributed by atoms with E-state index in [2.05, 4.69) is 47.6 Å². The maximum Gasteiger partial charge on any atom is 0.310 e. The maximum absolute atomic E-state index is 12.6. The predicted octanol–water partition coefficient (Wildman–Crippen LogP) is 5.86. The van der Waals surface area contributed by atoms with Crippen molar-refractivity contribution in [3.63, 3.8) is 0 Å². The molecule has 1 aliphatic rings. The van der Waals surface area contributed by atoms with Crippen molar-refractivity contribution < 1.29 is 14.3 Å². The lowest BCUT2D eigenvalue weighted by molar-refractivity contribution is -0.154. The second kappa shape index (κ2) is 8.56. The van der Waals surface area contributed by atoms with Crippen molar-refractivity contribution in [3.05, 3.63) is 35.4 Å². The summed E-state index contributed by atoms with van der Waals surface area (Å²) in [5, 5.41) is 0. The van der Waals surface area contributed by atoms with E-state index in [9.17, 15) is 4.79 Å². The van der Waals surface area contributed by atoms with Crippen molar-refractivity contribution >= 4 is 5.97 Å². The predicted molar refractivity (Wildman–Crippen MR) is 106 cm³/mol. The molecule has 146 valence electrons. The van der Waals surface area contributed by atoms with Gasteiger partial charge < -0.3 is 9.47 Å². The summed E-state index contributed by atoms with van der Waals surface area (Å²) >= 11 is 0. The van der Waals surface area contributed by atoms with E-state index in [4.69, 9.17) is 9.47 Å². The fourth-order valence-electron chi connectivity index (χ4n) is 3.54. The number of esters is 1. The van der Waals surface area contributed by atoms with Crippen LogP contribution in [0.15, 0.2) is 24.3 Å². The second-order valence-electron chi connectivity index (χ2n) is 9.51. The molecule has 0 amide bonds. The number of benzene rings is 1. The molecule has 1 fully saturated rings. The first-order valence-electron chi connectivity index (χ1n) is 10.0. The average Bonchev–Trinajstić information content (AvgIpc) is 2.54. The van der Waals surface area contributed by atoms with E-state index in [0.29, 0.717) is 6.42 Å². The minimum absolute atomic E-state index is 0.0384. The van der Waals surface area contributed by atoms with Gasteiger partial charge in [0.1, 0.15) is 6.10 Å². The molecule has 1 aliphatic heterocycles. The van der Waals surface area contributed by atoms with Crippen molar-refractivity contribution in [2.75, 3.05) is 6.61 Å². The van der Waals surface area contributed by atoms with Crippen LogP contribution in [0.4, 0.5) is 0 Å². The Morgan fingerprint density at radius 3 is 2.58 bits per heavy atom. The van der Waals surface area contributed by atoms with Gasteiger partial charge in [0.2, 0.25) is 0 Å². The minimum atomic E-state index is -0.137. The molecule has 2 unspecified atom stereocenters. The largest absolute Gasteiger partial charge is 0.462 e. The molecule has 2 atom stereocenters. The van der Waals surface area contributed by atoms with Gasteiger partial charge in [0.05, 0.1) is 19.1 Å². The first-order valence-corrected chi connectivity index (χ1v) is 10.0. The number of hydrogen-bond acceptors (Lipinski definition) is 3. The summed E-state index contributed by atoms with van der Waals surface area (Å²) in [5.41, 5.74) is 2.38. The lowest BCUT2D eigenvalue weighted by Gasteiger charge is -2.35. The summed E-state index contributed by atoms with van der Waals surface area (Å²) in [6, 6.07) is 8.15. The molecular weight excluding hydrogens is 324 g/mol. The van der Waals surface area contributed by atoms with Gasteiger partial charge in [-0.3, -0.25) is 4.79 Å². The van der Waals surface area contributed by atoms with E-state index >= 15 is 0 Å². The zero-order valence-electron chi connectivity index (χ0n) is 17.4. The fraction of sp³-hybridized carbons (Fsp3) is 0.696. The quantitative estimate of drug-likeness (QED) is 0.596. The Morgan fingerprint density at radius 2 is 2.00 bits per heavy atom. The first-order chi connectivity index (χ1) is 12.1. The van der Waals surface area contributed by atoms with Gasteiger partial charge in [-0.2, -0.15) is 0 Å². The molecule has 3 heteroatoms. The summed E-state index contributed by atoms with van der Waals surface area (Å²) in [6.07, 6.45) is 4.41. The van der Waals surface area contributed by atoms with E-state index in [1.165, 1.54) is 0 Å². The molecule has 0 N–H and O–H groups in total. The standard InChI is InChI=1S/C23H36O3/c1-7-10-20(22(2,3)4)26-21(24)15-17-11-8-9-12-18(17)19-13-14-23(5,6)16-25-19/h8-9,11-12,19-20H,7,10,13-16H2,1-6H3. The fourth-order valence-corrected chi connectivity index (χ4v) is 3.54. The van der Waals surface area contributed by atoms with E-state index in [1.54, 1.807) is 0 Å². The molecule has 26 heavy (non-hydrogen) atoms. The maximum atomic E-state index is 12.6. The van der Waals surface area contributed by atoms with Crippen molar-refractivity contribution in [1.82, 2.24) is 0 Å². The Hall–Kier alpha value is -1.35. The molecule has 0 aromatic heterocycles. The van der Waals surface area contributed by atoms with E-state index in [1.807, 2.05) is 18.2 Å². The van der Waals surface area contributed by atoms with Crippen LogP contribution in [-0.2, 0) is 20.7 Å². The van der Waals surface area contributed by atoms with Crippen molar-refractivity contribution in [2.24, 2.45) is 10.8 Å². The highest BCUT2D eigenvalue weighted by atomic mass is 16.5. The van der Waals surface area contributed by atoms with Crippen LogP contribution in [0.25, 0.3) is 0 Å². The van der Waals surface area contributed by atoms with Gasteiger partial charge in [-0.25, -0.2) is 0 Å². The van der Waals surface area contributed by atoms with Crippen LogP contribution < -0.4 is 0 Å². The first kappa shape index (κ1) is 21.0. The molecule has 1 heterocycles. The SMILES string of the molecule is CCCC(OC(=O)Cc1ccccc1C1CCC(C)(C)CO1)C(C)(C)C. The Kier molecular flexibility index (Phi) is 6.90. The summed E-state index contributed by atoms with van der Waals surface area (Å²) in [5.74, 6) is -0.137. The normalized spacial score (nSPS) is 21.2. The molecule has 2 rings (SSSR count). The van der Waals surface area contributed by atoms with Gasteiger partial charge in [0, 0.05) is 0 Å². The Bertz CT molecular complexity index is 588. The van der Waals surface area contributed by atoms with Gasteiger partial charge in [0.15, 0.2) is 0 Å². The lowest BCUT2D eigenvalue weighted by atomic mass is 9.83. The monoisotopic (exact) mass is 360 g/mol. The summed E-state index contributed by atoms with van der Waals surface area (Å²) < 4.78 is 12.0. The van der Waals surface area contributed by atoms with Crippen LogP contribution in [-0.4, -0.2) is 18.7 Å². The van der Waals surface area contributed by atoms with Gasteiger partial charge >= 0.3 is 5.97 Å². The van der Waals surface area contributed by atoms with Crippen LogP contribution in [0.1, 0.15) is 84.5 Å². The highest BCUT2D eigenvalue weighted by molar-refractivity contribution is 5.73. The Labute approximate surface area is 159 Å². The number of carbonyl (C=O) groups excluding carboxylic acids is 1. The second-order valence-corrected chi connectivity index (χ2v) is 9.51. The minimum Gasteiger partial charge on any atom is -0.462 e. The Morgan fingerprint density at radius 1 is 1.31 bits per heavy atom. The zero-order valence-corrected chi connectivity index (χ0v) is 17.4. The number of ether oxygens (including phenoxy) is 2. The van der Waals surface area contributed by atoms with E-state index in [0.717, 1.165) is 43.4 Å². The number of rotatable bonds is 6. The third-order valence-electron chi connectivity index (χ3n) is 5.29. The molecule has 0 aliphatic carbocycles. The Balaban J connectivity index is 2.07. The average molecular weight is 361 g/mol. The van der Waals surface area contributed by atoms with Gasteiger partial charge in [-0.05, 0) is 41.2 Å². The van der Waals surface area contributed by atoms with Gasteiger partial charge in [-0.1, -0.05) is 72.2 Å². The summed E-state index contributed by atoms with van der Waals surface area (Å²) in [6.45, 7) is 13.8. The molecule has 0 spiro atoms. The molecular formula is C23H36O3. The topological polar surface area (TPSA) is 35.5 Å². The molecule has 0 radical (unpaired) electrons. The smallest absolute Gasteiger partial charge is 0.310 e. The van der Waals surface area contributed by atoms with Crippen LogP contribution in [0.5, 0.6) is 0 Å². The number of hydrogen-bond donors (Lipinski definition) is 0. The molecule has 1 aromatic rings. The van der Waals surface area contributed by atoms with Crippen molar-refractivity contribution in [1.29, 1.82) is 0 Å². The van der Waals surface area contributed by atoms with Gasteiger partial charge in [-0.15, -0.1) is 0 Å². The molecule has 0 saturated carbocycles. The zero-order chi connectivity index (χ0) is 19.4. The summed E-state index contributed by atoms with van der Waals surface area (Å²) in [4.78, 5) is 12.6. The third kappa shape index (κ3) is 5.84. The third-order valence-corrected chi connectivity index (χ3v) is 5.29. The van der Waals surface area contributed by atoms with Crippen LogP contribution in [0, 0.1) is 10.8 Å².